The Kier molecular flexibility index (Phi) is 4.37. The van der Waals surface area contributed by atoms with Gasteiger partial charge >= 0.3 is 0 Å². The lowest BCUT2D eigenvalue weighted by atomic mass is 10.1. The van der Waals surface area contributed by atoms with Crippen LogP contribution in [0, 0.1) is 0 Å². The van der Waals surface area contributed by atoms with Crippen molar-refractivity contribution in [1.82, 2.24) is 0 Å². The van der Waals surface area contributed by atoms with Crippen LogP contribution in [0.2, 0.25) is 0 Å². The molecule has 0 atom stereocenters. The molecule has 0 spiro atoms. The van der Waals surface area contributed by atoms with Gasteiger partial charge in [-0.15, -0.1) is 0 Å². The fraction of sp³-hybridized carbons (Fsp3) is 0.500. The number of ether oxygens (including phenoxy) is 1. The number of fused-ring (bicyclic) bond motifs is 1. The third-order valence-corrected chi connectivity index (χ3v) is 3.36. The van der Waals surface area contributed by atoms with E-state index in [-0.39, 0.29) is 0 Å². The van der Waals surface area contributed by atoms with Gasteiger partial charge in [0.15, 0.2) is 0 Å². The highest BCUT2D eigenvalue weighted by atomic mass is 32.1. The Morgan fingerprint density at radius 1 is 1.24 bits per heavy atom. The zero-order valence-corrected chi connectivity index (χ0v) is 10.9. The van der Waals surface area contributed by atoms with Crippen molar-refractivity contribution < 1.29 is 4.74 Å². The maximum Gasteiger partial charge on any atom is 0.119 e. The van der Waals surface area contributed by atoms with Gasteiger partial charge in [-0.05, 0) is 61.8 Å². The Hall–Kier alpha value is -1.09. The van der Waals surface area contributed by atoms with Gasteiger partial charge in [0.05, 0.1) is 11.6 Å². The minimum absolute atomic E-state index is 0.600. The minimum Gasteiger partial charge on any atom is -0.494 e. The average molecular weight is 249 g/mol. The van der Waals surface area contributed by atoms with Gasteiger partial charge in [0.25, 0.3) is 0 Å². The van der Waals surface area contributed by atoms with Gasteiger partial charge in [-0.3, -0.25) is 0 Å². The molecule has 0 amide bonds. The fourth-order valence-corrected chi connectivity index (χ4v) is 2.37. The molecule has 2 rings (SSSR count). The Labute approximate surface area is 108 Å². The van der Waals surface area contributed by atoms with E-state index in [1.807, 2.05) is 0 Å². The predicted octanol–water partition coefficient (Wildman–Crippen LogP) is 3.01. The highest BCUT2D eigenvalue weighted by Gasteiger charge is 2.10. The third-order valence-electron chi connectivity index (χ3n) is 3.16. The third kappa shape index (κ3) is 3.70. The first-order valence-electron chi connectivity index (χ1n) is 6.28. The molecule has 0 aromatic heterocycles. The zero-order chi connectivity index (χ0) is 12.1. The lowest BCUT2D eigenvalue weighted by molar-refractivity contribution is 0.307. The molecule has 3 heteroatoms. The number of hydrogen-bond donors (Lipinski definition) is 1. The molecular weight excluding hydrogens is 230 g/mol. The molecule has 0 heterocycles. The summed E-state index contributed by atoms with van der Waals surface area (Å²) in [5.74, 6) is 1.00. The number of unbranched alkanes of at least 4 members (excludes halogenated alkanes) is 1. The first kappa shape index (κ1) is 12.4. The molecule has 1 aromatic carbocycles. The van der Waals surface area contributed by atoms with E-state index in [4.69, 9.17) is 22.7 Å². The van der Waals surface area contributed by atoms with E-state index in [0.29, 0.717) is 4.99 Å². The molecule has 0 saturated heterocycles. The maximum absolute atomic E-state index is 5.73. The first-order valence-corrected chi connectivity index (χ1v) is 6.69. The zero-order valence-electron chi connectivity index (χ0n) is 10.1. The molecule has 1 aliphatic rings. The quantitative estimate of drug-likeness (QED) is 0.622. The largest absolute Gasteiger partial charge is 0.494 e. The Morgan fingerprint density at radius 2 is 2.06 bits per heavy atom. The lowest BCUT2D eigenvalue weighted by Crippen LogP contribution is -2.08. The predicted molar refractivity (Wildman–Crippen MR) is 74.6 cm³/mol. The van der Waals surface area contributed by atoms with E-state index in [0.717, 1.165) is 31.6 Å². The molecule has 0 radical (unpaired) electrons. The topological polar surface area (TPSA) is 35.2 Å². The number of thiocarbonyl (C=S) groups is 1. The molecule has 0 aliphatic heterocycles. The lowest BCUT2D eigenvalue weighted by Gasteiger charge is -2.07. The maximum atomic E-state index is 5.73. The molecular formula is C14H19NOS. The number of hydrogen-bond acceptors (Lipinski definition) is 2. The molecule has 0 bridgehead atoms. The second kappa shape index (κ2) is 6.01. The molecule has 2 N–H and O–H groups in total. The van der Waals surface area contributed by atoms with Gasteiger partial charge in [-0.25, -0.2) is 0 Å². The van der Waals surface area contributed by atoms with Crippen molar-refractivity contribution in [1.29, 1.82) is 0 Å². The monoisotopic (exact) mass is 249 g/mol. The van der Waals surface area contributed by atoms with Crippen molar-refractivity contribution in [2.75, 3.05) is 6.61 Å². The van der Waals surface area contributed by atoms with Crippen molar-refractivity contribution in [3.63, 3.8) is 0 Å². The standard InChI is InChI=1S/C14H19NOS/c15-14(17)6-1-2-9-16-13-8-7-11-4-3-5-12(11)10-13/h7-8,10H,1-6,9H2,(H2,15,17). The number of aryl methyl sites for hydroxylation is 2. The van der Waals surface area contributed by atoms with Crippen molar-refractivity contribution >= 4 is 17.2 Å². The van der Waals surface area contributed by atoms with Crippen molar-refractivity contribution in [2.24, 2.45) is 5.73 Å². The summed E-state index contributed by atoms with van der Waals surface area (Å²) in [6.45, 7) is 0.751. The van der Waals surface area contributed by atoms with Crippen molar-refractivity contribution in [3.05, 3.63) is 29.3 Å². The van der Waals surface area contributed by atoms with Crippen LogP contribution in [-0.4, -0.2) is 11.6 Å². The van der Waals surface area contributed by atoms with Gasteiger partial charge in [0.1, 0.15) is 5.75 Å². The average Bonchev–Trinajstić information content (AvgIpc) is 2.75. The summed E-state index contributed by atoms with van der Waals surface area (Å²) >= 11 is 4.83. The Balaban J connectivity index is 1.74. The number of rotatable bonds is 6. The van der Waals surface area contributed by atoms with E-state index in [2.05, 4.69) is 18.2 Å². The molecule has 1 aromatic rings. The Morgan fingerprint density at radius 3 is 2.88 bits per heavy atom. The van der Waals surface area contributed by atoms with Crippen LogP contribution in [0.15, 0.2) is 18.2 Å². The SMILES string of the molecule is NC(=S)CCCCOc1ccc2c(c1)CCC2. The summed E-state index contributed by atoms with van der Waals surface area (Å²) in [6, 6.07) is 6.47. The molecule has 2 nitrogen and oxygen atoms in total. The van der Waals surface area contributed by atoms with Gasteiger partial charge in [-0.1, -0.05) is 18.3 Å². The van der Waals surface area contributed by atoms with Crippen LogP contribution >= 0.6 is 12.2 Å². The smallest absolute Gasteiger partial charge is 0.119 e. The molecule has 1 aliphatic carbocycles. The first-order chi connectivity index (χ1) is 8.25. The molecule has 0 saturated carbocycles. The van der Waals surface area contributed by atoms with Gasteiger partial charge in [-0.2, -0.15) is 0 Å². The molecule has 0 unspecified atom stereocenters. The minimum atomic E-state index is 0.600. The van der Waals surface area contributed by atoms with Gasteiger partial charge < -0.3 is 10.5 Å². The van der Waals surface area contributed by atoms with E-state index >= 15 is 0 Å². The van der Waals surface area contributed by atoms with Crippen LogP contribution in [0.5, 0.6) is 5.75 Å². The summed E-state index contributed by atoms with van der Waals surface area (Å²) in [5.41, 5.74) is 8.39. The van der Waals surface area contributed by atoms with E-state index in [1.54, 1.807) is 0 Å². The molecule has 0 fully saturated rings. The fourth-order valence-electron chi connectivity index (χ4n) is 2.23. The number of benzene rings is 1. The summed E-state index contributed by atoms with van der Waals surface area (Å²) in [4.78, 5) is 0.600. The molecule has 17 heavy (non-hydrogen) atoms. The van der Waals surface area contributed by atoms with Crippen LogP contribution in [-0.2, 0) is 12.8 Å². The van der Waals surface area contributed by atoms with Crippen molar-refractivity contribution in [2.45, 2.75) is 38.5 Å². The summed E-state index contributed by atoms with van der Waals surface area (Å²) in [5, 5.41) is 0. The summed E-state index contributed by atoms with van der Waals surface area (Å²) < 4.78 is 5.73. The second-order valence-corrected chi connectivity index (χ2v) is 5.08. The summed E-state index contributed by atoms with van der Waals surface area (Å²) in [7, 11) is 0. The van der Waals surface area contributed by atoms with Gasteiger partial charge in [0.2, 0.25) is 0 Å². The van der Waals surface area contributed by atoms with Gasteiger partial charge in [0, 0.05) is 0 Å². The highest BCUT2D eigenvalue weighted by molar-refractivity contribution is 7.80. The van der Waals surface area contributed by atoms with Crippen LogP contribution < -0.4 is 10.5 Å². The van der Waals surface area contributed by atoms with Crippen LogP contribution in [0.25, 0.3) is 0 Å². The summed E-state index contributed by atoms with van der Waals surface area (Å²) in [6.07, 6.45) is 6.56. The highest BCUT2D eigenvalue weighted by Crippen LogP contribution is 2.26. The Bertz CT molecular complexity index is 403. The molecule has 92 valence electrons. The van der Waals surface area contributed by atoms with E-state index < -0.39 is 0 Å². The van der Waals surface area contributed by atoms with E-state index in [1.165, 1.54) is 30.4 Å². The number of nitrogens with two attached hydrogens (primary N) is 1. The van der Waals surface area contributed by atoms with E-state index in [9.17, 15) is 0 Å². The normalized spacial score (nSPS) is 13.4. The van der Waals surface area contributed by atoms with Crippen LogP contribution in [0.4, 0.5) is 0 Å². The van der Waals surface area contributed by atoms with Crippen molar-refractivity contribution in [3.8, 4) is 5.75 Å². The van der Waals surface area contributed by atoms with Crippen LogP contribution in [0.3, 0.4) is 0 Å². The second-order valence-electron chi connectivity index (χ2n) is 4.56. The van der Waals surface area contributed by atoms with Crippen LogP contribution in [0.1, 0.15) is 36.8 Å².